The normalized spacial score (nSPS) is 15.8. The third-order valence-corrected chi connectivity index (χ3v) is 6.23. The lowest BCUT2D eigenvalue weighted by Crippen LogP contribution is -2.40. The minimum atomic E-state index is -4.48. The number of hydrogen-bond acceptors (Lipinski definition) is 5. The second-order valence-corrected chi connectivity index (χ2v) is 8.25. The molecule has 0 aromatic heterocycles. The van der Waals surface area contributed by atoms with Gasteiger partial charge in [0, 0.05) is 13.1 Å². The number of alkyl halides is 3. The number of rotatable bonds is 5. The number of sulfonamides is 1. The number of ether oxygens (including phenoxy) is 2. The molecule has 1 aliphatic heterocycles. The molecular formula is C19H18F3NO5S. The van der Waals surface area contributed by atoms with E-state index < -0.39 is 27.7 Å². The number of esters is 1. The molecular weight excluding hydrogens is 411 g/mol. The van der Waals surface area contributed by atoms with E-state index in [4.69, 9.17) is 9.47 Å². The van der Waals surface area contributed by atoms with Crippen LogP contribution in [0.2, 0.25) is 0 Å². The van der Waals surface area contributed by atoms with Gasteiger partial charge >= 0.3 is 12.1 Å². The first kappa shape index (κ1) is 21.3. The Labute approximate surface area is 165 Å². The average Bonchev–Trinajstić information content (AvgIpc) is 2.72. The van der Waals surface area contributed by atoms with Crippen molar-refractivity contribution in [2.24, 2.45) is 0 Å². The van der Waals surface area contributed by atoms with Gasteiger partial charge in [0.05, 0.1) is 29.2 Å². The van der Waals surface area contributed by atoms with Crippen molar-refractivity contribution in [3.05, 3.63) is 65.2 Å². The fraction of sp³-hybridized carbons (Fsp3) is 0.316. The van der Waals surface area contributed by atoms with E-state index >= 15 is 0 Å². The molecule has 10 heteroatoms. The highest BCUT2D eigenvalue weighted by atomic mass is 32.2. The summed E-state index contributed by atoms with van der Waals surface area (Å²) in [6.45, 7) is 0.807. The van der Waals surface area contributed by atoms with E-state index in [1.165, 1.54) is 40.7 Å². The van der Waals surface area contributed by atoms with Crippen LogP contribution in [-0.4, -0.2) is 45.0 Å². The Morgan fingerprint density at radius 2 is 1.72 bits per heavy atom. The topological polar surface area (TPSA) is 72.9 Å². The highest BCUT2D eigenvalue weighted by molar-refractivity contribution is 7.89. The number of morpholine rings is 1. The molecule has 156 valence electrons. The molecule has 1 saturated heterocycles. The summed E-state index contributed by atoms with van der Waals surface area (Å²) in [6.07, 6.45) is -4.48. The third-order valence-electron chi connectivity index (χ3n) is 4.32. The van der Waals surface area contributed by atoms with Crippen molar-refractivity contribution in [3.8, 4) is 0 Å². The van der Waals surface area contributed by atoms with Crippen molar-refractivity contribution in [2.45, 2.75) is 17.7 Å². The fourth-order valence-electron chi connectivity index (χ4n) is 2.77. The van der Waals surface area contributed by atoms with Crippen LogP contribution in [0.15, 0.2) is 53.4 Å². The van der Waals surface area contributed by atoms with Gasteiger partial charge in [-0.1, -0.05) is 12.1 Å². The van der Waals surface area contributed by atoms with E-state index in [0.29, 0.717) is 13.2 Å². The van der Waals surface area contributed by atoms with Gasteiger partial charge in [0.2, 0.25) is 10.0 Å². The lowest BCUT2D eigenvalue weighted by Gasteiger charge is -2.26. The molecule has 0 radical (unpaired) electrons. The molecule has 29 heavy (non-hydrogen) atoms. The largest absolute Gasteiger partial charge is 0.457 e. The summed E-state index contributed by atoms with van der Waals surface area (Å²) < 4.78 is 74.8. The van der Waals surface area contributed by atoms with Crippen LogP contribution in [0.25, 0.3) is 0 Å². The molecule has 3 rings (SSSR count). The van der Waals surface area contributed by atoms with Crippen LogP contribution in [0.5, 0.6) is 0 Å². The van der Waals surface area contributed by atoms with Crippen LogP contribution in [-0.2, 0) is 32.3 Å². The number of nitrogens with zero attached hydrogens (tertiary/aromatic N) is 1. The molecule has 0 bridgehead atoms. The molecule has 0 saturated carbocycles. The van der Waals surface area contributed by atoms with Gasteiger partial charge in [-0.3, -0.25) is 0 Å². The third kappa shape index (κ3) is 5.14. The molecule has 0 aliphatic carbocycles. The van der Waals surface area contributed by atoms with Gasteiger partial charge in [0.1, 0.15) is 6.61 Å². The smallest absolute Gasteiger partial charge is 0.416 e. The Kier molecular flexibility index (Phi) is 6.25. The summed E-state index contributed by atoms with van der Waals surface area (Å²) in [6, 6.07) is 9.70. The van der Waals surface area contributed by atoms with Crippen LogP contribution < -0.4 is 0 Å². The van der Waals surface area contributed by atoms with E-state index in [1.54, 1.807) is 0 Å². The Bertz CT molecular complexity index is 968. The molecule has 6 nitrogen and oxygen atoms in total. The minimum Gasteiger partial charge on any atom is -0.457 e. The Morgan fingerprint density at radius 1 is 1.07 bits per heavy atom. The predicted octanol–water partition coefficient (Wildman–Crippen LogP) is 3.08. The second kappa shape index (κ2) is 8.52. The number of benzene rings is 2. The zero-order valence-corrected chi connectivity index (χ0v) is 16.0. The second-order valence-electron chi connectivity index (χ2n) is 6.32. The molecule has 0 N–H and O–H groups in total. The van der Waals surface area contributed by atoms with Crippen LogP contribution in [0, 0.1) is 0 Å². The summed E-state index contributed by atoms with van der Waals surface area (Å²) in [5, 5.41) is 0. The Hall–Kier alpha value is -2.43. The van der Waals surface area contributed by atoms with Gasteiger partial charge in [-0.25, -0.2) is 13.2 Å². The lowest BCUT2D eigenvalue weighted by molar-refractivity contribution is -0.137. The van der Waals surface area contributed by atoms with Crippen LogP contribution >= 0.6 is 0 Å². The SMILES string of the molecule is O=C(OCc1cccc(C(F)(F)F)c1)c1ccc(S(=O)(=O)N2CCOCC2)cc1. The highest BCUT2D eigenvalue weighted by Crippen LogP contribution is 2.29. The summed E-state index contributed by atoms with van der Waals surface area (Å²) in [4.78, 5) is 12.2. The van der Waals surface area contributed by atoms with Gasteiger partial charge < -0.3 is 9.47 Å². The zero-order chi connectivity index (χ0) is 21.1. The van der Waals surface area contributed by atoms with Crippen molar-refractivity contribution in [2.75, 3.05) is 26.3 Å². The van der Waals surface area contributed by atoms with Crippen molar-refractivity contribution >= 4 is 16.0 Å². The van der Waals surface area contributed by atoms with Crippen LogP contribution in [0.1, 0.15) is 21.5 Å². The van der Waals surface area contributed by atoms with Gasteiger partial charge in [0.15, 0.2) is 0 Å². The zero-order valence-electron chi connectivity index (χ0n) is 15.2. The van der Waals surface area contributed by atoms with E-state index in [1.807, 2.05) is 0 Å². The molecule has 0 unspecified atom stereocenters. The maximum atomic E-state index is 12.7. The number of carbonyl (C=O) groups excluding carboxylic acids is 1. The van der Waals surface area contributed by atoms with E-state index in [2.05, 4.69) is 0 Å². The summed E-state index contributed by atoms with van der Waals surface area (Å²) >= 11 is 0. The minimum absolute atomic E-state index is 0.0360. The molecule has 0 amide bonds. The molecule has 1 fully saturated rings. The maximum Gasteiger partial charge on any atom is 0.416 e. The van der Waals surface area contributed by atoms with Crippen molar-refractivity contribution in [1.29, 1.82) is 0 Å². The molecule has 2 aromatic rings. The van der Waals surface area contributed by atoms with Gasteiger partial charge in [-0.15, -0.1) is 0 Å². The van der Waals surface area contributed by atoms with Crippen LogP contribution in [0.4, 0.5) is 13.2 Å². The predicted molar refractivity (Wildman–Crippen MR) is 96.6 cm³/mol. The molecule has 0 spiro atoms. The maximum absolute atomic E-state index is 12.7. The van der Waals surface area contributed by atoms with Crippen molar-refractivity contribution in [1.82, 2.24) is 4.31 Å². The average molecular weight is 429 g/mol. The number of halogens is 3. The molecule has 0 atom stereocenters. The summed E-state index contributed by atoms with van der Waals surface area (Å²) in [5.41, 5.74) is -0.540. The van der Waals surface area contributed by atoms with Crippen molar-refractivity contribution in [3.63, 3.8) is 0 Å². The monoisotopic (exact) mass is 429 g/mol. The van der Waals surface area contributed by atoms with E-state index in [-0.39, 0.29) is 35.7 Å². The summed E-state index contributed by atoms with van der Waals surface area (Å²) in [5.74, 6) is -0.766. The van der Waals surface area contributed by atoms with E-state index in [9.17, 15) is 26.4 Å². The number of carbonyl (C=O) groups is 1. The highest BCUT2D eigenvalue weighted by Gasteiger charge is 2.30. The fourth-order valence-corrected chi connectivity index (χ4v) is 4.18. The quantitative estimate of drug-likeness (QED) is 0.683. The van der Waals surface area contributed by atoms with Gasteiger partial charge in [0.25, 0.3) is 0 Å². The first-order valence-corrected chi connectivity index (χ1v) is 10.1. The lowest BCUT2D eigenvalue weighted by atomic mass is 10.1. The molecule has 1 aliphatic rings. The standard InChI is InChI=1S/C19H18F3NO5S/c20-19(21,22)16-3-1-2-14(12-16)13-28-18(24)15-4-6-17(7-5-15)29(25,26)23-8-10-27-11-9-23/h1-7,12H,8-11,13H2. The van der Waals surface area contributed by atoms with Crippen LogP contribution in [0.3, 0.4) is 0 Å². The summed E-state index contributed by atoms with van der Waals surface area (Å²) in [7, 11) is -3.68. The van der Waals surface area contributed by atoms with E-state index in [0.717, 1.165) is 12.1 Å². The molecule has 2 aromatic carbocycles. The van der Waals surface area contributed by atoms with Gasteiger partial charge in [-0.05, 0) is 42.0 Å². The first-order chi connectivity index (χ1) is 13.7. The van der Waals surface area contributed by atoms with Crippen molar-refractivity contribution < 1.29 is 35.9 Å². The first-order valence-electron chi connectivity index (χ1n) is 8.69. The Balaban J connectivity index is 1.65. The Morgan fingerprint density at radius 3 is 2.34 bits per heavy atom. The molecule has 1 heterocycles. The number of hydrogen-bond donors (Lipinski definition) is 0. The van der Waals surface area contributed by atoms with Gasteiger partial charge in [-0.2, -0.15) is 17.5 Å².